The molecule has 2 atom stereocenters. The van der Waals surface area contributed by atoms with E-state index in [2.05, 4.69) is 25.2 Å². The number of benzene rings is 1. The lowest BCUT2D eigenvalue weighted by Gasteiger charge is -2.15. The summed E-state index contributed by atoms with van der Waals surface area (Å²) in [7, 11) is 0. The van der Waals surface area contributed by atoms with Crippen molar-refractivity contribution in [1.82, 2.24) is 5.32 Å². The summed E-state index contributed by atoms with van der Waals surface area (Å²) < 4.78 is 11.8. The van der Waals surface area contributed by atoms with Crippen LogP contribution in [0.2, 0.25) is 0 Å². The summed E-state index contributed by atoms with van der Waals surface area (Å²) in [6.45, 7) is 6.81. The largest absolute Gasteiger partial charge is 0.491 e. The number of para-hydroxylation sites is 1. The van der Waals surface area contributed by atoms with Gasteiger partial charge in [-0.15, -0.1) is 0 Å². The van der Waals surface area contributed by atoms with Crippen LogP contribution in [0, 0.1) is 6.92 Å². The molecule has 0 amide bonds. The van der Waals surface area contributed by atoms with Gasteiger partial charge in [0.25, 0.3) is 0 Å². The summed E-state index contributed by atoms with van der Waals surface area (Å²) in [5, 5.41) is 3.33. The standard InChI is InChI=1S/C15H23NO2/c1-3-16-10-13-8-9-14(18-13)11-17-15-7-5-4-6-12(15)2/h4-7,13-14,16H,3,8-11H2,1-2H3. The molecule has 2 rings (SSSR count). The van der Waals surface area contributed by atoms with Crippen LogP contribution in [0.15, 0.2) is 24.3 Å². The predicted molar refractivity (Wildman–Crippen MR) is 73.1 cm³/mol. The van der Waals surface area contributed by atoms with Crippen LogP contribution in [0.1, 0.15) is 25.3 Å². The Morgan fingerprint density at radius 2 is 2.06 bits per heavy atom. The fraction of sp³-hybridized carbons (Fsp3) is 0.600. The Balaban J connectivity index is 1.74. The lowest BCUT2D eigenvalue weighted by Crippen LogP contribution is -2.28. The molecule has 1 fully saturated rings. The van der Waals surface area contributed by atoms with E-state index in [1.165, 1.54) is 5.56 Å². The molecule has 1 N–H and O–H groups in total. The average Bonchev–Trinajstić information content (AvgIpc) is 2.83. The topological polar surface area (TPSA) is 30.5 Å². The molecule has 100 valence electrons. The molecule has 1 heterocycles. The maximum Gasteiger partial charge on any atom is 0.122 e. The van der Waals surface area contributed by atoms with E-state index in [9.17, 15) is 0 Å². The summed E-state index contributed by atoms with van der Waals surface area (Å²) in [4.78, 5) is 0. The Hall–Kier alpha value is -1.06. The minimum absolute atomic E-state index is 0.244. The highest BCUT2D eigenvalue weighted by Gasteiger charge is 2.25. The minimum atomic E-state index is 0.244. The smallest absolute Gasteiger partial charge is 0.122 e. The second-order valence-corrected chi connectivity index (χ2v) is 4.84. The third-order valence-corrected chi connectivity index (χ3v) is 3.34. The first-order valence-corrected chi connectivity index (χ1v) is 6.84. The molecule has 0 aliphatic carbocycles. The second-order valence-electron chi connectivity index (χ2n) is 4.84. The van der Waals surface area contributed by atoms with Gasteiger partial charge in [0.2, 0.25) is 0 Å². The van der Waals surface area contributed by atoms with Crippen molar-refractivity contribution in [2.45, 2.75) is 38.9 Å². The molecule has 1 aliphatic heterocycles. The van der Waals surface area contributed by atoms with Gasteiger partial charge in [-0.05, 0) is 37.9 Å². The van der Waals surface area contributed by atoms with Gasteiger partial charge in [-0.25, -0.2) is 0 Å². The SMILES string of the molecule is CCNCC1CCC(COc2ccccc2C)O1. The molecule has 1 saturated heterocycles. The van der Waals surface area contributed by atoms with Gasteiger partial charge in [0.15, 0.2) is 0 Å². The summed E-state index contributed by atoms with van der Waals surface area (Å²) in [6.07, 6.45) is 2.83. The molecule has 0 bridgehead atoms. The van der Waals surface area contributed by atoms with E-state index in [4.69, 9.17) is 9.47 Å². The monoisotopic (exact) mass is 249 g/mol. The van der Waals surface area contributed by atoms with Crippen molar-refractivity contribution in [2.24, 2.45) is 0 Å². The van der Waals surface area contributed by atoms with Crippen LogP contribution >= 0.6 is 0 Å². The summed E-state index contributed by atoms with van der Waals surface area (Å²) in [5.74, 6) is 0.969. The van der Waals surface area contributed by atoms with Crippen LogP contribution in [-0.2, 0) is 4.74 Å². The zero-order valence-corrected chi connectivity index (χ0v) is 11.3. The van der Waals surface area contributed by atoms with Gasteiger partial charge in [0.1, 0.15) is 12.4 Å². The van der Waals surface area contributed by atoms with Crippen LogP contribution in [0.25, 0.3) is 0 Å². The van der Waals surface area contributed by atoms with Gasteiger partial charge in [-0.1, -0.05) is 25.1 Å². The summed E-state index contributed by atoms with van der Waals surface area (Å²) in [6, 6.07) is 8.12. The van der Waals surface area contributed by atoms with E-state index >= 15 is 0 Å². The Morgan fingerprint density at radius 1 is 1.28 bits per heavy atom. The minimum Gasteiger partial charge on any atom is -0.491 e. The molecule has 0 saturated carbocycles. The number of ether oxygens (including phenoxy) is 2. The van der Waals surface area contributed by atoms with Gasteiger partial charge in [-0.2, -0.15) is 0 Å². The number of nitrogens with one attached hydrogen (secondary N) is 1. The third kappa shape index (κ3) is 3.72. The van der Waals surface area contributed by atoms with Gasteiger partial charge in [-0.3, -0.25) is 0 Å². The molecule has 2 unspecified atom stereocenters. The van der Waals surface area contributed by atoms with Crippen molar-refractivity contribution < 1.29 is 9.47 Å². The van der Waals surface area contributed by atoms with Gasteiger partial charge in [0.05, 0.1) is 12.2 Å². The number of hydrogen-bond donors (Lipinski definition) is 1. The summed E-state index contributed by atoms with van der Waals surface area (Å²) in [5.41, 5.74) is 1.18. The molecule has 18 heavy (non-hydrogen) atoms. The van der Waals surface area contributed by atoms with Crippen LogP contribution < -0.4 is 10.1 Å². The second kappa shape index (κ2) is 6.76. The highest BCUT2D eigenvalue weighted by Crippen LogP contribution is 2.22. The van der Waals surface area contributed by atoms with Crippen molar-refractivity contribution in [3.8, 4) is 5.75 Å². The lowest BCUT2D eigenvalue weighted by atomic mass is 10.2. The number of aryl methyl sites for hydroxylation is 1. The van der Waals surface area contributed by atoms with E-state index < -0.39 is 0 Å². The first-order chi connectivity index (χ1) is 8.79. The van der Waals surface area contributed by atoms with Crippen molar-refractivity contribution in [2.75, 3.05) is 19.7 Å². The van der Waals surface area contributed by atoms with E-state index in [-0.39, 0.29) is 6.10 Å². The molecule has 1 aliphatic rings. The van der Waals surface area contributed by atoms with Crippen LogP contribution in [0.5, 0.6) is 5.75 Å². The molecular weight excluding hydrogens is 226 g/mol. The fourth-order valence-corrected chi connectivity index (χ4v) is 2.26. The maximum atomic E-state index is 5.94. The van der Waals surface area contributed by atoms with Crippen molar-refractivity contribution in [3.05, 3.63) is 29.8 Å². The van der Waals surface area contributed by atoms with Gasteiger partial charge < -0.3 is 14.8 Å². The van der Waals surface area contributed by atoms with Crippen molar-refractivity contribution in [1.29, 1.82) is 0 Å². The molecule has 1 aromatic carbocycles. The highest BCUT2D eigenvalue weighted by atomic mass is 16.5. The normalized spacial score (nSPS) is 23.2. The van der Waals surface area contributed by atoms with E-state index in [1.54, 1.807) is 0 Å². The predicted octanol–water partition coefficient (Wildman–Crippen LogP) is 2.53. The number of hydrogen-bond acceptors (Lipinski definition) is 3. The first kappa shape index (κ1) is 13.4. The van der Waals surface area contributed by atoms with Crippen LogP contribution in [0.4, 0.5) is 0 Å². The van der Waals surface area contributed by atoms with E-state index in [0.29, 0.717) is 12.7 Å². The Morgan fingerprint density at radius 3 is 2.83 bits per heavy atom. The fourth-order valence-electron chi connectivity index (χ4n) is 2.26. The molecule has 1 aromatic rings. The van der Waals surface area contributed by atoms with E-state index in [1.807, 2.05) is 18.2 Å². The van der Waals surface area contributed by atoms with E-state index in [0.717, 1.165) is 31.7 Å². The number of rotatable bonds is 6. The summed E-state index contributed by atoms with van der Waals surface area (Å²) >= 11 is 0. The first-order valence-electron chi connectivity index (χ1n) is 6.84. The number of likely N-dealkylation sites (N-methyl/N-ethyl adjacent to an activating group) is 1. The van der Waals surface area contributed by atoms with Crippen LogP contribution in [0.3, 0.4) is 0 Å². The Labute approximate surface area is 109 Å². The van der Waals surface area contributed by atoms with Gasteiger partial charge >= 0.3 is 0 Å². The van der Waals surface area contributed by atoms with Gasteiger partial charge in [0, 0.05) is 6.54 Å². The van der Waals surface area contributed by atoms with Crippen molar-refractivity contribution >= 4 is 0 Å². The molecular formula is C15H23NO2. The quantitative estimate of drug-likeness (QED) is 0.840. The third-order valence-electron chi connectivity index (χ3n) is 3.34. The molecule has 0 spiro atoms. The van der Waals surface area contributed by atoms with Crippen LogP contribution in [-0.4, -0.2) is 31.9 Å². The molecule has 0 aromatic heterocycles. The van der Waals surface area contributed by atoms with Crippen molar-refractivity contribution in [3.63, 3.8) is 0 Å². The molecule has 0 radical (unpaired) electrons. The molecule has 3 nitrogen and oxygen atoms in total. The highest BCUT2D eigenvalue weighted by molar-refractivity contribution is 5.31. The molecule has 3 heteroatoms. The lowest BCUT2D eigenvalue weighted by molar-refractivity contribution is 0.0187. The zero-order chi connectivity index (χ0) is 12.8. The Bertz CT molecular complexity index is 367. The zero-order valence-electron chi connectivity index (χ0n) is 11.3. The maximum absolute atomic E-state index is 5.94. The average molecular weight is 249 g/mol. The Kier molecular flexibility index (Phi) is 5.02.